The Balaban J connectivity index is 2.28. The van der Waals surface area contributed by atoms with E-state index in [9.17, 15) is 4.39 Å². The maximum atomic E-state index is 12.6. The molecule has 0 amide bonds. The van der Waals surface area contributed by atoms with Crippen molar-refractivity contribution in [1.82, 2.24) is 15.1 Å². The van der Waals surface area contributed by atoms with Crippen LogP contribution in [0.5, 0.6) is 0 Å². The Morgan fingerprint density at radius 2 is 2.31 bits per heavy atom. The lowest BCUT2D eigenvalue weighted by atomic mass is 10.2. The van der Waals surface area contributed by atoms with Crippen LogP contribution in [0.15, 0.2) is 22.9 Å². The molecule has 2 N–H and O–H groups in total. The van der Waals surface area contributed by atoms with Crippen LogP contribution in [0.4, 0.5) is 4.39 Å². The van der Waals surface area contributed by atoms with Gasteiger partial charge in [-0.15, -0.1) is 0 Å². The lowest BCUT2D eigenvalue weighted by molar-refractivity contribution is 0.414. The van der Waals surface area contributed by atoms with Gasteiger partial charge in [0.25, 0.3) is 5.89 Å². The third kappa shape index (κ3) is 2.06. The highest BCUT2D eigenvalue weighted by Crippen LogP contribution is 2.17. The molecule has 1 unspecified atom stereocenters. The van der Waals surface area contributed by atoms with Crippen molar-refractivity contribution in [1.29, 1.82) is 0 Å². The topological polar surface area (TPSA) is 77.8 Å². The molecular formula is C10H11FN4O. The van der Waals surface area contributed by atoms with Crippen LogP contribution in [0, 0.1) is 5.82 Å². The molecule has 0 aliphatic rings. The fraction of sp³-hybridized carbons (Fsp3) is 0.300. The summed E-state index contributed by atoms with van der Waals surface area (Å²) < 4.78 is 17.6. The van der Waals surface area contributed by atoms with Crippen LogP contribution < -0.4 is 5.73 Å². The van der Waals surface area contributed by atoms with Crippen molar-refractivity contribution >= 4 is 0 Å². The number of rotatable bonds is 3. The zero-order valence-corrected chi connectivity index (χ0v) is 8.72. The Morgan fingerprint density at radius 1 is 1.50 bits per heavy atom. The molecule has 5 nitrogen and oxygen atoms in total. The molecule has 0 aliphatic heterocycles. The molecule has 16 heavy (non-hydrogen) atoms. The highest BCUT2D eigenvalue weighted by molar-refractivity contribution is 5.45. The average molecular weight is 222 g/mol. The summed E-state index contributed by atoms with van der Waals surface area (Å²) in [6.07, 6.45) is 1.81. The lowest BCUT2D eigenvalue weighted by Crippen LogP contribution is -2.10. The van der Waals surface area contributed by atoms with E-state index in [2.05, 4.69) is 15.1 Å². The second kappa shape index (κ2) is 4.36. The molecule has 6 heteroatoms. The molecule has 0 spiro atoms. The van der Waals surface area contributed by atoms with E-state index in [4.69, 9.17) is 10.3 Å². The maximum Gasteiger partial charge on any atom is 0.276 e. The molecule has 2 aromatic rings. The molecule has 0 bridgehead atoms. The van der Waals surface area contributed by atoms with E-state index in [1.165, 1.54) is 12.1 Å². The Hall–Kier alpha value is -1.82. The van der Waals surface area contributed by atoms with Crippen LogP contribution in [-0.4, -0.2) is 15.1 Å². The van der Waals surface area contributed by atoms with E-state index in [1.54, 1.807) is 0 Å². The van der Waals surface area contributed by atoms with E-state index in [1.807, 2.05) is 6.92 Å². The predicted molar refractivity (Wildman–Crippen MR) is 54.7 cm³/mol. The second-order valence-corrected chi connectivity index (χ2v) is 3.33. The van der Waals surface area contributed by atoms with Crippen molar-refractivity contribution in [3.63, 3.8) is 0 Å². The summed E-state index contributed by atoms with van der Waals surface area (Å²) in [7, 11) is 0. The third-order valence-electron chi connectivity index (χ3n) is 2.16. The van der Waals surface area contributed by atoms with Crippen LogP contribution in [0.25, 0.3) is 11.6 Å². The van der Waals surface area contributed by atoms with Gasteiger partial charge in [-0.25, -0.2) is 9.37 Å². The summed E-state index contributed by atoms with van der Waals surface area (Å²) in [6, 6.07) is 2.51. The molecule has 2 heterocycles. The standard InChI is InChI=1S/C10H11FN4O/c1-2-7(12)9-14-10(16-15-9)8-4-3-6(11)5-13-8/h3-5,7H,2,12H2,1H3. The van der Waals surface area contributed by atoms with Crippen molar-refractivity contribution in [2.45, 2.75) is 19.4 Å². The number of aromatic nitrogens is 3. The highest BCUT2D eigenvalue weighted by Gasteiger charge is 2.14. The smallest absolute Gasteiger partial charge is 0.276 e. The number of halogens is 1. The summed E-state index contributed by atoms with van der Waals surface area (Å²) in [6.45, 7) is 1.93. The molecule has 2 aromatic heterocycles. The van der Waals surface area contributed by atoms with Crippen molar-refractivity contribution < 1.29 is 8.91 Å². The van der Waals surface area contributed by atoms with Crippen LogP contribution in [0.1, 0.15) is 25.2 Å². The zero-order chi connectivity index (χ0) is 11.5. The van der Waals surface area contributed by atoms with Gasteiger partial charge in [0.15, 0.2) is 5.82 Å². The van der Waals surface area contributed by atoms with Gasteiger partial charge in [0.1, 0.15) is 11.5 Å². The van der Waals surface area contributed by atoms with E-state index in [0.717, 1.165) is 12.6 Å². The number of pyridine rings is 1. The highest BCUT2D eigenvalue weighted by atomic mass is 19.1. The quantitative estimate of drug-likeness (QED) is 0.854. The van der Waals surface area contributed by atoms with Crippen molar-refractivity contribution in [3.05, 3.63) is 30.0 Å². The minimum atomic E-state index is -0.409. The number of hydrogen-bond donors (Lipinski definition) is 1. The zero-order valence-electron chi connectivity index (χ0n) is 8.72. The first-order valence-corrected chi connectivity index (χ1v) is 4.92. The summed E-state index contributed by atoms with van der Waals surface area (Å²) in [5.41, 5.74) is 6.18. The monoisotopic (exact) mass is 222 g/mol. The van der Waals surface area contributed by atoms with E-state index in [0.29, 0.717) is 11.5 Å². The molecule has 84 valence electrons. The van der Waals surface area contributed by atoms with E-state index in [-0.39, 0.29) is 11.9 Å². The number of hydrogen-bond acceptors (Lipinski definition) is 5. The molecule has 0 aliphatic carbocycles. The Kier molecular flexibility index (Phi) is 2.91. The average Bonchev–Trinajstić information content (AvgIpc) is 2.78. The summed E-state index contributed by atoms with van der Waals surface area (Å²) in [5.74, 6) is 0.274. The van der Waals surface area contributed by atoms with Gasteiger partial charge in [-0.3, -0.25) is 0 Å². The summed E-state index contributed by atoms with van der Waals surface area (Å²) >= 11 is 0. The lowest BCUT2D eigenvalue weighted by Gasteiger charge is -1.99. The fourth-order valence-corrected chi connectivity index (χ4v) is 1.17. The van der Waals surface area contributed by atoms with Crippen molar-refractivity contribution in [2.75, 3.05) is 0 Å². The Labute approximate surface area is 91.5 Å². The van der Waals surface area contributed by atoms with Gasteiger partial charge in [0, 0.05) is 0 Å². The van der Waals surface area contributed by atoms with Crippen LogP contribution >= 0.6 is 0 Å². The normalized spacial score (nSPS) is 12.7. The molecule has 0 aromatic carbocycles. The first-order chi connectivity index (χ1) is 7.70. The fourth-order valence-electron chi connectivity index (χ4n) is 1.17. The maximum absolute atomic E-state index is 12.6. The molecule has 2 rings (SSSR count). The summed E-state index contributed by atoms with van der Waals surface area (Å²) in [5, 5.41) is 3.74. The molecule has 0 saturated heterocycles. The molecule has 0 radical (unpaired) electrons. The molecule has 0 fully saturated rings. The van der Waals surface area contributed by atoms with E-state index < -0.39 is 5.82 Å². The van der Waals surface area contributed by atoms with Gasteiger partial charge in [-0.05, 0) is 18.6 Å². The van der Waals surface area contributed by atoms with Gasteiger partial charge >= 0.3 is 0 Å². The van der Waals surface area contributed by atoms with Crippen LogP contribution in [-0.2, 0) is 0 Å². The van der Waals surface area contributed by atoms with Crippen LogP contribution in [0.3, 0.4) is 0 Å². The Bertz CT molecular complexity index is 468. The van der Waals surface area contributed by atoms with Gasteiger partial charge in [0.05, 0.1) is 12.2 Å². The van der Waals surface area contributed by atoms with Crippen LogP contribution in [0.2, 0.25) is 0 Å². The first kappa shape index (κ1) is 10.7. The van der Waals surface area contributed by atoms with Gasteiger partial charge < -0.3 is 10.3 Å². The second-order valence-electron chi connectivity index (χ2n) is 3.33. The molecule has 0 saturated carbocycles. The molecular weight excluding hydrogens is 211 g/mol. The third-order valence-corrected chi connectivity index (χ3v) is 2.16. The van der Waals surface area contributed by atoms with Crippen molar-refractivity contribution in [3.8, 4) is 11.6 Å². The predicted octanol–water partition coefficient (Wildman–Crippen LogP) is 1.68. The Morgan fingerprint density at radius 3 is 2.94 bits per heavy atom. The molecule has 1 atom stereocenters. The van der Waals surface area contributed by atoms with Gasteiger partial charge in [-0.2, -0.15) is 4.98 Å². The van der Waals surface area contributed by atoms with Gasteiger partial charge in [0.2, 0.25) is 0 Å². The largest absolute Gasteiger partial charge is 0.332 e. The minimum Gasteiger partial charge on any atom is -0.332 e. The number of nitrogens with two attached hydrogens (primary N) is 1. The first-order valence-electron chi connectivity index (χ1n) is 4.92. The van der Waals surface area contributed by atoms with E-state index >= 15 is 0 Å². The number of nitrogens with zero attached hydrogens (tertiary/aromatic N) is 3. The SMILES string of the molecule is CCC(N)c1noc(-c2ccc(F)cn2)n1. The summed E-state index contributed by atoms with van der Waals surface area (Å²) in [4.78, 5) is 7.93. The van der Waals surface area contributed by atoms with Gasteiger partial charge in [-0.1, -0.05) is 12.1 Å². The van der Waals surface area contributed by atoms with Crippen molar-refractivity contribution in [2.24, 2.45) is 5.73 Å². The minimum absolute atomic E-state index is 0.249.